The molecule has 0 saturated carbocycles. The van der Waals surface area contributed by atoms with E-state index in [9.17, 15) is 0 Å². The summed E-state index contributed by atoms with van der Waals surface area (Å²) in [6, 6.07) is 70.6. The summed E-state index contributed by atoms with van der Waals surface area (Å²) in [4.78, 5) is 16.0. The van der Waals surface area contributed by atoms with Gasteiger partial charge in [-0.25, -0.2) is 4.98 Å². The highest BCUT2D eigenvalue weighted by Gasteiger charge is 2.26. The van der Waals surface area contributed by atoms with E-state index in [1.807, 2.05) is 18.2 Å². The van der Waals surface area contributed by atoms with Gasteiger partial charge in [0.05, 0.1) is 22.1 Å². The Hall–Kier alpha value is -8.41. The van der Waals surface area contributed by atoms with Crippen molar-refractivity contribution in [3.63, 3.8) is 0 Å². The van der Waals surface area contributed by atoms with Gasteiger partial charge in [-0.3, -0.25) is 4.57 Å². The van der Waals surface area contributed by atoms with E-state index in [4.69, 9.17) is 15.0 Å². The van der Waals surface area contributed by atoms with E-state index < -0.39 is 0 Å². The van der Waals surface area contributed by atoms with Gasteiger partial charge in [0.1, 0.15) is 0 Å². The van der Waals surface area contributed by atoms with Gasteiger partial charge in [-0.05, 0) is 57.7 Å². The summed E-state index contributed by atoms with van der Waals surface area (Å²) in [5.74, 6) is 1.76. The molecule has 0 aliphatic heterocycles. The van der Waals surface area contributed by atoms with Gasteiger partial charge in [-0.1, -0.05) is 195 Å². The van der Waals surface area contributed by atoms with Crippen molar-refractivity contribution in [1.29, 1.82) is 0 Å². The normalized spacial score (nSPS) is 12.9. The Labute approximate surface area is 364 Å². The molecule has 8 aromatic carbocycles. The maximum absolute atomic E-state index is 5.44. The minimum Gasteiger partial charge on any atom is -0.310 e. The number of fused-ring (bicyclic) bond motifs is 7. The van der Waals surface area contributed by atoms with Crippen LogP contribution < -0.4 is 0 Å². The first-order valence-electron chi connectivity index (χ1n) is 21.3. The zero-order valence-corrected chi connectivity index (χ0v) is 34.4. The van der Waals surface area contributed by atoms with Gasteiger partial charge in [-0.15, -0.1) is 0 Å². The van der Waals surface area contributed by atoms with Crippen LogP contribution >= 0.6 is 0 Å². The molecule has 0 atom stereocenters. The summed E-state index contributed by atoms with van der Waals surface area (Å²) >= 11 is 0. The van der Waals surface area contributed by atoms with Crippen molar-refractivity contribution in [3.05, 3.63) is 230 Å². The average molecular weight is 806 g/mol. The van der Waals surface area contributed by atoms with Crippen LogP contribution in [0.15, 0.2) is 224 Å². The Kier molecular flexibility index (Phi) is 8.64. The maximum Gasteiger partial charge on any atom is 0.238 e. The highest BCUT2D eigenvalue weighted by Crippen LogP contribution is 2.44. The predicted molar refractivity (Wildman–Crippen MR) is 261 cm³/mol. The number of hydrogen-bond donors (Lipinski definition) is 0. The summed E-state index contributed by atoms with van der Waals surface area (Å²) in [6.07, 6.45) is 5.08. The van der Waals surface area contributed by atoms with E-state index >= 15 is 0 Å². The third-order valence-electron chi connectivity index (χ3n) is 12.3. The van der Waals surface area contributed by atoms with Crippen molar-refractivity contribution >= 4 is 54.9 Å². The Bertz CT molecular complexity index is 3650. The van der Waals surface area contributed by atoms with Crippen LogP contribution in [0.5, 0.6) is 0 Å². The Morgan fingerprint density at radius 3 is 1.46 bits per heavy atom. The Morgan fingerprint density at radius 2 is 0.825 bits per heavy atom. The maximum atomic E-state index is 5.44. The van der Waals surface area contributed by atoms with Crippen LogP contribution in [0.25, 0.3) is 106 Å². The summed E-state index contributed by atoms with van der Waals surface area (Å²) < 4.78 is 4.75. The van der Waals surface area contributed by atoms with Gasteiger partial charge in [-0.2, -0.15) is 9.97 Å². The molecule has 63 heavy (non-hydrogen) atoms. The van der Waals surface area contributed by atoms with Gasteiger partial charge < -0.3 is 4.57 Å². The van der Waals surface area contributed by atoms with Gasteiger partial charge >= 0.3 is 0 Å². The summed E-state index contributed by atoms with van der Waals surface area (Å²) in [7, 11) is 0. The van der Waals surface area contributed by atoms with Crippen molar-refractivity contribution in [2.45, 2.75) is 6.42 Å². The van der Waals surface area contributed by atoms with Gasteiger partial charge in [0, 0.05) is 50.4 Å². The first kappa shape index (κ1) is 36.4. The fraction of sp³-hybridized carbons (Fsp3) is 0.0172. The second-order valence-corrected chi connectivity index (χ2v) is 16.1. The van der Waals surface area contributed by atoms with E-state index in [0.717, 1.165) is 66.1 Å². The summed E-state index contributed by atoms with van der Waals surface area (Å²) in [6.45, 7) is 4.48. The molecule has 12 rings (SSSR count). The topological polar surface area (TPSA) is 48.5 Å². The molecule has 0 saturated heterocycles. The number of nitrogens with zero attached hydrogens (tertiary/aromatic N) is 5. The number of benzene rings is 8. The van der Waals surface area contributed by atoms with Crippen LogP contribution in [0.3, 0.4) is 0 Å². The van der Waals surface area contributed by atoms with Crippen LogP contribution in [0.4, 0.5) is 0 Å². The lowest BCUT2D eigenvalue weighted by Crippen LogP contribution is -2.08. The van der Waals surface area contributed by atoms with E-state index in [1.54, 1.807) is 0 Å². The first-order chi connectivity index (χ1) is 31.2. The van der Waals surface area contributed by atoms with Crippen molar-refractivity contribution in [3.8, 4) is 51.0 Å². The lowest BCUT2D eigenvalue weighted by Gasteiger charge is -2.21. The molecule has 0 amide bonds. The molecular formula is C58H39N5. The third-order valence-corrected chi connectivity index (χ3v) is 12.3. The van der Waals surface area contributed by atoms with Crippen molar-refractivity contribution < 1.29 is 0 Å². The molecule has 5 nitrogen and oxygen atoms in total. The van der Waals surface area contributed by atoms with Crippen LogP contribution in [0.2, 0.25) is 0 Å². The minimum absolute atomic E-state index is 0.552. The molecule has 3 heterocycles. The standard InChI is InChI=1S/C58H39N5/c1-38-31-32-46(40-19-7-3-8-20-40)53(35-38)62-51-29-13-11-27-47(51)49-33-34-50-48-28-12-14-30-52(48)63(55(50)54(49)62)58-60-56(41-21-9-4-10-22-41)59-57(61-58)45-26-16-25-44(37-45)43-24-15-23-42(36-43)39-17-5-2-6-18-39/h2-34,36-37H,1,35H2. The predicted octanol–water partition coefficient (Wildman–Crippen LogP) is 14.6. The van der Waals surface area contributed by atoms with E-state index in [-0.39, 0.29) is 0 Å². The number of rotatable bonds is 7. The van der Waals surface area contributed by atoms with Crippen molar-refractivity contribution in [2.75, 3.05) is 0 Å². The second kappa shape index (κ2) is 14.9. The second-order valence-electron chi connectivity index (χ2n) is 16.1. The molecule has 1 aliphatic rings. The van der Waals surface area contributed by atoms with E-state index in [2.05, 4.69) is 210 Å². The van der Waals surface area contributed by atoms with Gasteiger partial charge in [0.2, 0.25) is 5.95 Å². The number of allylic oxidation sites excluding steroid dienone is 5. The number of hydrogen-bond acceptors (Lipinski definition) is 3. The molecule has 11 aromatic rings. The Balaban J connectivity index is 1.15. The smallest absolute Gasteiger partial charge is 0.238 e. The number of para-hydroxylation sites is 2. The minimum atomic E-state index is 0.552. The fourth-order valence-electron chi connectivity index (χ4n) is 9.39. The van der Waals surface area contributed by atoms with Crippen molar-refractivity contribution in [1.82, 2.24) is 24.1 Å². The molecule has 0 N–H and O–H groups in total. The molecule has 1 aliphatic carbocycles. The monoisotopic (exact) mass is 805 g/mol. The average Bonchev–Trinajstić information content (AvgIpc) is 3.88. The van der Waals surface area contributed by atoms with Crippen molar-refractivity contribution in [2.24, 2.45) is 0 Å². The van der Waals surface area contributed by atoms with Crippen LogP contribution in [0, 0.1) is 0 Å². The van der Waals surface area contributed by atoms with Crippen LogP contribution in [-0.4, -0.2) is 24.1 Å². The molecule has 296 valence electrons. The Morgan fingerprint density at radius 1 is 0.365 bits per heavy atom. The molecule has 0 bridgehead atoms. The van der Waals surface area contributed by atoms with Gasteiger partial charge in [0.25, 0.3) is 0 Å². The molecule has 0 unspecified atom stereocenters. The summed E-state index contributed by atoms with van der Waals surface area (Å²) in [5, 5.41) is 4.59. The summed E-state index contributed by atoms with van der Waals surface area (Å²) in [5.41, 5.74) is 15.2. The van der Waals surface area contributed by atoms with E-state index in [0.29, 0.717) is 24.0 Å². The quantitative estimate of drug-likeness (QED) is 0.161. The lowest BCUT2D eigenvalue weighted by atomic mass is 9.94. The zero-order valence-electron chi connectivity index (χ0n) is 34.4. The third kappa shape index (κ3) is 6.21. The molecule has 5 heteroatoms. The first-order valence-corrected chi connectivity index (χ1v) is 21.3. The highest BCUT2D eigenvalue weighted by molar-refractivity contribution is 6.24. The highest BCUT2D eigenvalue weighted by atomic mass is 15.2. The molecule has 0 fully saturated rings. The molecule has 0 radical (unpaired) electrons. The lowest BCUT2D eigenvalue weighted by molar-refractivity contribution is 0.953. The zero-order chi connectivity index (χ0) is 41.9. The number of aromatic nitrogens is 5. The van der Waals surface area contributed by atoms with E-state index in [1.165, 1.54) is 33.3 Å². The SMILES string of the molecule is C=C1C=CC(c2ccccc2)=C(n2c3ccccc3c3ccc4c5ccccc5n(-c5nc(-c6ccccc6)nc(-c6cccc(-c7cccc(-c8ccccc8)c7)c6)n5)c4c32)C1. The molecule has 3 aromatic heterocycles. The van der Waals surface area contributed by atoms with Crippen LogP contribution in [0.1, 0.15) is 12.0 Å². The fourth-order valence-corrected chi connectivity index (χ4v) is 9.39. The molecule has 0 spiro atoms. The largest absolute Gasteiger partial charge is 0.310 e. The van der Waals surface area contributed by atoms with Gasteiger partial charge in [0.15, 0.2) is 11.6 Å². The van der Waals surface area contributed by atoms with Crippen LogP contribution in [-0.2, 0) is 0 Å². The molecular weight excluding hydrogens is 767 g/mol.